The van der Waals surface area contributed by atoms with E-state index in [-0.39, 0.29) is 5.02 Å². The summed E-state index contributed by atoms with van der Waals surface area (Å²) < 4.78 is 19.4. The van der Waals surface area contributed by atoms with E-state index in [4.69, 9.17) is 16.3 Å². The highest BCUT2D eigenvalue weighted by Gasteiger charge is 2.20. The van der Waals surface area contributed by atoms with Gasteiger partial charge in [-0.1, -0.05) is 39.7 Å². The molecule has 0 aliphatic heterocycles. The Kier molecular flexibility index (Phi) is 4.45. The first-order valence-electron chi connectivity index (χ1n) is 5.50. The molecule has 1 N–H and O–H groups in total. The largest absolute Gasteiger partial charge is 0.496 e. The molecule has 100 valence electrons. The number of rotatable bonds is 3. The molecule has 2 nitrogen and oxygen atoms in total. The Morgan fingerprint density at radius 2 is 2.00 bits per heavy atom. The normalized spacial score (nSPS) is 12.3. The molecule has 2 aromatic rings. The van der Waals surface area contributed by atoms with Gasteiger partial charge >= 0.3 is 0 Å². The van der Waals surface area contributed by atoms with Crippen molar-refractivity contribution < 1.29 is 14.2 Å². The van der Waals surface area contributed by atoms with Crippen molar-refractivity contribution in [3.63, 3.8) is 0 Å². The number of hydrogen-bond donors (Lipinski definition) is 1. The Labute approximate surface area is 123 Å². The molecule has 0 aliphatic carbocycles. The van der Waals surface area contributed by atoms with Crippen molar-refractivity contribution in [3.05, 3.63) is 62.8 Å². The van der Waals surface area contributed by atoms with Crippen LogP contribution < -0.4 is 4.74 Å². The van der Waals surface area contributed by atoms with Crippen LogP contribution in [-0.4, -0.2) is 12.2 Å². The lowest BCUT2D eigenvalue weighted by Crippen LogP contribution is -2.04. The fourth-order valence-electron chi connectivity index (χ4n) is 1.82. The maximum atomic E-state index is 13.4. The highest BCUT2D eigenvalue weighted by atomic mass is 79.9. The summed E-state index contributed by atoms with van der Waals surface area (Å²) in [5, 5.41) is 10.3. The van der Waals surface area contributed by atoms with Crippen molar-refractivity contribution in [1.82, 2.24) is 0 Å². The zero-order valence-electron chi connectivity index (χ0n) is 10.0. The predicted octanol–water partition coefficient (Wildman–Crippen LogP) is 4.33. The maximum Gasteiger partial charge on any atom is 0.142 e. The average molecular weight is 346 g/mol. The zero-order valence-corrected chi connectivity index (χ0v) is 12.4. The number of methoxy groups -OCH3 is 1. The third kappa shape index (κ3) is 2.91. The molecular weight excluding hydrogens is 335 g/mol. The molecule has 1 atom stereocenters. The summed E-state index contributed by atoms with van der Waals surface area (Å²) >= 11 is 9.21. The molecule has 2 aromatic carbocycles. The third-order valence-electron chi connectivity index (χ3n) is 2.76. The monoisotopic (exact) mass is 344 g/mol. The van der Waals surface area contributed by atoms with Crippen LogP contribution >= 0.6 is 27.5 Å². The van der Waals surface area contributed by atoms with Gasteiger partial charge in [-0.05, 0) is 24.3 Å². The van der Waals surface area contributed by atoms with Crippen LogP contribution in [0, 0.1) is 5.82 Å². The third-order valence-corrected chi connectivity index (χ3v) is 3.65. The molecule has 0 spiro atoms. The standard InChI is InChI=1S/C14H11BrClFO2/c1-19-12-6-5-8(15)7-10(12)14(18)9-3-2-4-11(17)13(9)16/h2-7,14,18H,1H3. The number of aliphatic hydroxyl groups is 1. The lowest BCUT2D eigenvalue weighted by atomic mass is 10.0. The summed E-state index contributed by atoms with van der Waals surface area (Å²) in [7, 11) is 1.51. The minimum atomic E-state index is -1.06. The lowest BCUT2D eigenvalue weighted by molar-refractivity contribution is 0.214. The molecule has 0 aliphatic rings. The van der Waals surface area contributed by atoms with Gasteiger partial charge in [-0.15, -0.1) is 0 Å². The second-order valence-electron chi connectivity index (χ2n) is 3.93. The van der Waals surface area contributed by atoms with E-state index in [2.05, 4.69) is 15.9 Å². The van der Waals surface area contributed by atoms with Crippen LogP contribution in [-0.2, 0) is 0 Å². The van der Waals surface area contributed by atoms with Gasteiger partial charge in [0, 0.05) is 15.6 Å². The van der Waals surface area contributed by atoms with E-state index in [1.54, 1.807) is 24.3 Å². The van der Waals surface area contributed by atoms with Crippen molar-refractivity contribution in [3.8, 4) is 5.75 Å². The van der Waals surface area contributed by atoms with Crippen LogP contribution in [0.1, 0.15) is 17.2 Å². The Bertz CT molecular complexity index is 604. The van der Waals surface area contributed by atoms with E-state index in [0.29, 0.717) is 16.9 Å². The number of benzene rings is 2. The first-order chi connectivity index (χ1) is 9.04. The van der Waals surface area contributed by atoms with Crippen molar-refractivity contribution in [2.24, 2.45) is 0 Å². The summed E-state index contributed by atoms with van der Waals surface area (Å²) in [5.41, 5.74) is 0.822. The summed E-state index contributed by atoms with van der Waals surface area (Å²) in [4.78, 5) is 0. The van der Waals surface area contributed by atoms with Gasteiger partial charge in [0.1, 0.15) is 17.7 Å². The Hall–Kier alpha value is -1.10. The molecule has 2 rings (SSSR count). The van der Waals surface area contributed by atoms with Crippen molar-refractivity contribution in [2.45, 2.75) is 6.10 Å². The van der Waals surface area contributed by atoms with Gasteiger partial charge in [0.15, 0.2) is 0 Å². The molecule has 0 bridgehead atoms. The predicted molar refractivity (Wildman–Crippen MR) is 76.2 cm³/mol. The molecular formula is C14H11BrClFO2. The molecule has 0 heterocycles. The minimum absolute atomic E-state index is 0.0861. The van der Waals surface area contributed by atoms with Crippen LogP contribution in [0.4, 0.5) is 4.39 Å². The number of hydrogen-bond acceptors (Lipinski definition) is 2. The summed E-state index contributed by atoms with van der Waals surface area (Å²) in [6.45, 7) is 0. The molecule has 0 fully saturated rings. The van der Waals surface area contributed by atoms with Gasteiger partial charge in [-0.3, -0.25) is 0 Å². The second-order valence-corrected chi connectivity index (χ2v) is 5.23. The van der Waals surface area contributed by atoms with Gasteiger partial charge in [0.05, 0.1) is 12.1 Å². The van der Waals surface area contributed by atoms with Crippen LogP contribution in [0.5, 0.6) is 5.75 Å². The summed E-state index contributed by atoms with van der Waals surface area (Å²) in [5.74, 6) is -0.0526. The smallest absolute Gasteiger partial charge is 0.142 e. The van der Waals surface area contributed by atoms with Crippen LogP contribution in [0.2, 0.25) is 5.02 Å². The van der Waals surface area contributed by atoms with Crippen molar-refractivity contribution in [1.29, 1.82) is 0 Å². The summed E-state index contributed by atoms with van der Waals surface area (Å²) in [6.07, 6.45) is -1.06. The van der Waals surface area contributed by atoms with Gasteiger partial charge < -0.3 is 9.84 Å². The molecule has 5 heteroatoms. The zero-order chi connectivity index (χ0) is 14.0. The van der Waals surface area contributed by atoms with E-state index < -0.39 is 11.9 Å². The van der Waals surface area contributed by atoms with Gasteiger partial charge in [-0.2, -0.15) is 0 Å². The van der Waals surface area contributed by atoms with Crippen molar-refractivity contribution in [2.75, 3.05) is 7.11 Å². The fourth-order valence-corrected chi connectivity index (χ4v) is 2.43. The minimum Gasteiger partial charge on any atom is -0.496 e. The first kappa shape index (κ1) is 14.3. The van der Waals surface area contributed by atoms with E-state index in [1.165, 1.54) is 19.2 Å². The summed E-state index contributed by atoms with van der Waals surface area (Å²) in [6, 6.07) is 9.56. The SMILES string of the molecule is COc1ccc(Br)cc1C(O)c1cccc(F)c1Cl. The molecule has 0 saturated heterocycles. The van der Waals surface area contributed by atoms with E-state index in [1.807, 2.05) is 0 Å². The van der Waals surface area contributed by atoms with Crippen LogP contribution in [0.25, 0.3) is 0 Å². The van der Waals surface area contributed by atoms with Gasteiger partial charge in [-0.25, -0.2) is 4.39 Å². The molecule has 0 amide bonds. The van der Waals surface area contributed by atoms with E-state index in [0.717, 1.165) is 4.47 Å². The topological polar surface area (TPSA) is 29.5 Å². The van der Waals surface area contributed by atoms with Crippen molar-refractivity contribution >= 4 is 27.5 Å². The van der Waals surface area contributed by atoms with E-state index in [9.17, 15) is 9.50 Å². The first-order valence-corrected chi connectivity index (χ1v) is 6.67. The lowest BCUT2D eigenvalue weighted by Gasteiger charge is -2.17. The number of aliphatic hydroxyl groups excluding tert-OH is 1. The fraction of sp³-hybridized carbons (Fsp3) is 0.143. The highest BCUT2D eigenvalue weighted by Crippen LogP contribution is 2.35. The Morgan fingerprint density at radius 3 is 2.68 bits per heavy atom. The van der Waals surface area contributed by atoms with Gasteiger partial charge in [0.2, 0.25) is 0 Å². The maximum absolute atomic E-state index is 13.4. The number of ether oxygens (including phenoxy) is 1. The Morgan fingerprint density at radius 1 is 1.26 bits per heavy atom. The van der Waals surface area contributed by atoms with E-state index >= 15 is 0 Å². The highest BCUT2D eigenvalue weighted by molar-refractivity contribution is 9.10. The molecule has 0 aromatic heterocycles. The molecule has 0 saturated carbocycles. The van der Waals surface area contributed by atoms with Crippen LogP contribution in [0.3, 0.4) is 0 Å². The molecule has 19 heavy (non-hydrogen) atoms. The quantitative estimate of drug-likeness (QED) is 0.897. The second kappa shape index (κ2) is 5.90. The number of halogens is 3. The van der Waals surface area contributed by atoms with Gasteiger partial charge in [0.25, 0.3) is 0 Å². The molecule has 1 unspecified atom stereocenters. The Balaban J connectivity index is 2.52. The molecule has 0 radical (unpaired) electrons. The average Bonchev–Trinajstić information content (AvgIpc) is 2.41. The van der Waals surface area contributed by atoms with Crippen LogP contribution in [0.15, 0.2) is 40.9 Å².